The first-order chi connectivity index (χ1) is 10.9. The molecule has 0 aliphatic heterocycles. The second-order valence-corrected chi connectivity index (χ2v) is 5.77. The van der Waals surface area contributed by atoms with Crippen molar-refractivity contribution in [2.24, 2.45) is 0 Å². The van der Waals surface area contributed by atoms with Crippen molar-refractivity contribution in [1.82, 2.24) is 4.57 Å². The molecule has 1 aromatic heterocycles. The number of aromatic nitrogens is 1. The van der Waals surface area contributed by atoms with Crippen LogP contribution in [0.4, 0.5) is 5.69 Å². The summed E-state index contributed by atoms with van der Waals surface area (Å²) in [6.07, 6.45) is 1.63. The van der Waals surface area contributed by atoms with Gasteiger partial charge in [0.25, 0.3) is 5.56 Å². The Labute approximate surface area is 142 Å². The summed E-state index contributed by atoms with van der Waals surface area (Å²) in [5.41, 5.74) is 1.10. The first-order valence-corrected chi connectivity index (χ1v) is 7.62. The van der Waals surface area contributed by atoms with Crippen LogP contribution in [-0.4, -0.2) is 24.7 Å². The molecule has 0 saturated heterocycles. The van der Waals surface area contributed by atoms with Crippen LogP contribution in [0.2, 0.25) is 0 Å². The molecular formula is C16H17BrN2O4. The van der Waals surface area contributed by atoms with E-state index in [2.05, 4.69) is 21.2 Å². The molecule has 0 fully saturated rings. The average molecular weight is 381 g/mol. The summed E-state index contributed by atoms with van der Waals surface area (Å²) in [5.74, 6) is 0.768. The van der Waals surface area contributed by atoms with Crippen LogP contribution in [0.15, 0.2) is 39.7 Å². The molecular weight excluding hydrogens is 364 g/mol. The third kappa shape index (κ3) is 4.13. The molecule has 1 heterocycles. The summed E-state index contributed by atoms with van der Waals surface area (Å²) in [4.78, 5) is 24.3. The normalized spacial score (nSPS) is 10.3. The second kappa shape index (κ2) is 7.32. The van der Waals surface area contributed by atoms with E-state index in [1.54, 1.807) is 30.5 Å². The Morgan fingerprint density at radius 2 is 2.00 bits per heavy atom. The van der Waals surface area contributed by atoms with Crippen molar-refractivity contribution in [3.8, 4) is 11.5 Å². The number of nitrogens with one attached hydrogen (secondary N) is 1. The maximum atomic E-state index is 12.2. The number of aryl methyl sites for hydroxylation is 1. The van der Waals surface area contributed by atoms with E-state index in [4.69, 9.17) is 9.47 Å². The van der Waals surface area contributed by atoms with Crippen molar-refractivity contribution in [1.29, 1.82) is 0 Å². The van der Waals surface area contributed by atoms with E-state index in [9.17, 15) is 9.59 Å². The van der Waals surface area contributed by atoms with Gasteiger partial charge in [0, 0.05) is 12.3 Å². The molecule has 1 N–H and O–H groups in total. The van der Waals surface area contributed by atoms with Crippen LogP contribution in [0.3, 0.4) is 0 Å². The molecule has 0 aliphatic carbocycles. The van der Waals surface area contributed by atoms with Gasteiger partial charge in [0.1, 0.15) is 18.0 Å². The minimum atomic E-state index is -0.337. The van der Waals surface area contributed by atoms with Gasteiger partial charge in [-0.15, -0.1) is 0 Å². The molecule has 7 heteroatoms. The van der Waals surface area contributed by atoms with Crippen LogP contribution < -0.4 is 20.3 Å². The van der Waals surface area contributed by atoms with E-state index in [-0.39, 0.29) is 18.0 Å². The first kappa shape index (κ1) is 17.1. The van der Waals surface area contributed by atoms with E-state index >= 15 is 0 Å². The molecule has 1 amide bonds. The lowest BCUT2D eigenvalue weighted by Crippen LogP contribution is -2.28. The number of nitrogens with zero attached hydrogens (tertiary/aromatic N) is 1. The largest absolute Gasteiger partial charge is 0.497 e. The fourth-order valence-corrected chi connectivity index (χ4v) is 2.70. The molecule has 0 radical (unpaired) electrons. The first-order valence-electron chi connectivity index (χ1n) is 6.83. The highest BCUT2D eigenvalue weighted by atomic mass is 79.9. The number of ether oxygens (including phenoxy) is 2. The van der Waals surface area contributed by atoms with Crippen LogP contribution >= 0.6 is 15.9 Å². The highest BCUT2D eigenvalue weighted by molar-refractivity contribution is 9.10. The molecule has 6 nitrogen and oxygen atoms in total. The molecule has 0 atom stereocenters. The van der Waals surface area contributed by atoms with E-state index in [0.717, 1.165) is 5.56 Å². The molecule has 122 valence electrons. The minimum absolute atomic E-state index is 0.0977. The predicted molar refractivity (Wildman–Crippen MR) is 91.3 cm³/mol. The summed E-state index contributed by atoms with van der Waals surface area (Å²) in [6.45, 7) is 1.75. The fourth-order valence-electron chi connectivity index (χ4n) is 2.11. The van der Waals surface area contributed by atoms with E-state index < -0.39 is 0 Å². The number of anilines is 1. The molecule has 0 unspecified atom stereocenters. The summed E-state index contributed by atoms with van der Waals surface area (Å²) in [5, 5.41) is 2.73. The lowest BCUT2D eigenvalue weighted by Gasteiger charge is -2.13. The lowest BCUT2D eigenvalue weighted by molar-refractivity contribution is -0.116. The van der Waals surface area contributed by atoms with Gasteiger partial charge in [0.2, 0.25) is 5.91 Å². The van der Waals surface area contributed by atoms with Gasteiger partial charge in [-0.2, -0.15) is 0 Å². The summed E-state index contributed by atoms with van der Waals surface area (Å²) in [6, 6.07) is 6.80. The van der Waals surface area contributed by atoms with Crippen molar-refractivity contribution >= 4 is 27.5 Å². The molecule has 23 heavy (non-hydrogen) atoms. The molecule has 2 rings (SSSR count). The molecule has 1 aromatic carbocycles. The van der Waals surface area contributed by atoms with Gasteiger partial charge in [-0.3, -0.25) is 9.59 Å². The highest BCUT2D eigenvalue weighted by Gasteiger charge is 2.11. The Kier molecular flexibility index (Phi) is 5.44. The maximum absolute atomic E-state index is 12.2. The number of halogens is 1. The van der Waals surface area contributed by atoms with Gasteiger partial charge in [0.05, 0.1) is 24.4 Å². The third-order valence-electron chi connectivity index (χ3n) is 3.17. The zero-order chi connectivity index (χ0) is 17.0. The van der Waals surface area contributed by atoms with Crippen molar-refractivity contribution in [3.05, 3.63) is 50.9 Å². The number of hydrogen-bond acceptors (Lipinski definition) is 4. The highest BCUT2D eigenvalue weighted by Crippen LogP contribution is 2.28. The van der Waals surface area contributed by atoms with Gasteiger partial charge in [0.15, 0.2) is 0 Å². The van der Waals surface area contributed by atoms with Crippen LogP contribution in [0, 0.1) is 6.92 Å². The van der Waals surface area contributed by atoms with Crippen molar-refractivity contribution < 1.29 is 14.3 Å². The molecule has 0 saturated carbocycles. The van der Waals surface area contributed by atoms with Crippen molar-refractivity contribution in [2.75, 3.05) is 19.5 Å². The van der Waals surface area contributed by atoms with Crippen LogP contribution in [0.25, 0.3) is 0 Å². The van der Waals surface area contributed by atoms with Gasteiger partial charge < -0.3 is 19.4 Å². The Morgan fingerprint density at radius 3 is 2.65 bits per heavy atom. The van der Waals surface area contributed by atoms with Gasteiger partial charge >= 0.3 is 0 Å². The standard InChI is InChI=1S/C16H17BrN2O4/c1-10-6-12(17)16(21)19(8-10)9-15(20)18-13-7-11(22-2)4-5-14(13)23-3/h4-8H,9H2,1-3H3,(H,18,20). The van der Waals surface area contributed by atoms with Gasteiger partial charge in [-0.05, 0) is 46.6 Å². The Hall–Kier alpha value is -2.28. The topological polar surface area (TPSA) is 69.6 Å². The van der Waals surface area contributed by atoms with Crippen molar-refractivity contribution in [2.45, 2.75) is 13.5 Å². The van der Waals surface area contributed by atoms with E-state index in [0.29, 0.717) is 21.7 Å². The number of benzene rings is 1. The smallest absolute Gasteiger partial charge is 0.265 e. The van der Waals surface area contributed by atoms with Crippen molar-refractivity contribution in [3.63, 3.8) is 0 Å². The van der Waals surface area contributed by atoms with Gasteiger partial charge in [-0.25, -0.2) is 0 Å². The van der Waals surface area contributed by atoms with Crippen LogP contribution in [0.1, 0.15) is 5.56 Å². The van der Waals surface area contributed by atoms with Gasteiger partial charge in [-0.1, -0.05) is 0 Å². The average Bonchev–Trinajstić information content (AvgIpc) is 2.51. The Morgan fingerprint density at radius 1 is 1.26 bits per heavy atom. The number of amides is 1. The molecule has 0 bridgehead atoms. The maximum Gasteiger partial charge on any atom is 0.265 e. The summed E-state index contributed by atoms with van der Waals surface area (Å²) < 4.78 is 12.1. The minimum Gasteiger partial charge on any atom is -0.497 e. The molecule has 0 spiro atoms. The van der Waals surface area contributed by atoms with E-state index in [1.165, 1.54) is 18.8 Å². The SMILES string of the molecule is COc1ccc(OC)c(NC(=O)Cn2cc(C)cc(Br)c2=O)c1. The van der Waals surface area contributed by atoms with Crippen LogP contribution in [-0.2, 0) is 11.3 Å². The number of methoxy groups -OCH3 is 2. The third-order valence-corrected chi connectivity index (χ3v) is 3.74. The Bertz CT molecular complexity index is 786. The number of pyridine rings is 1. The molecule has 2 aromatic rings. The Balaban J connectivity index is 2.22. The van der Waals surface area contributed by atoms with E-state index in [1.807, 2.05) is 6.92 Å². The summed E-state index contributed by atoms with van der Waals surface area (Å²) >= 11 is 3.19. The lowest BCUT2D eigenvalue weighted by atomic mass is 10.2. The quantitative estimate of drug-likeness (QED) is 0.865. The van der Waals surface area contributed by atoms with Crippen LogP contribution in [0.5, 0.6) is 11.5 Å². The molecule has 0 aliphatic rings. The number of rotatable bonds is 5. The second-order valence-electron chi connectivity index (χ2n) is 4.91. The number of carbonyl (C=O) groups is 1. The monoisotopic (exact) mass is 380 g/mol. The number of hydrogen-bond donors (Lipinski definition) is 1. The predicted octanol–water partition coefficient (Wildman–Crippen LogP) is 2.58. The number of carbonyl (C=O) groups excluding carboxylic acids is 1. The zero-order valence-electron chi connectivity index (χ0n) is 13.1. The zero-order valence-corrected chi connectivity index (χ0v) is 14.6. The summed E-state index contributed by atoms with van der Waals surface area (Å²) in [7, 11) is 3.05. The fraction of sp³-hybridized carbons (Fsp3) is 0.250.